The fourth-order valence-electron chi connectivity index (χ4n) is 1.57. The second-order valence-corrected chi connectivity index (χ2v) is 6.18. The number of nitrogens with two attached hydrogens (primary N) is 1. The maximum atomic E-state index is 5.47. The molecule has 6 heteroatoms. The summed E-state index contributed by atoms with van der Waals surface area (Å²) in [5.41, 5.74) is 4.68. The van der Waals surface area contributed by atoms with Crippen LogP contribution in [0, 0.1) is 13.8 Å². The Morgan fingerprint density at radius 1 is 1.31 bits per heavy atom. The third-order valence-corrected chi connectivity index (χ3v) is 5.40. The van der Waals surface area contributed by atoms with E-state index in [1.807, 2.05) is 37.4 Å². The van der Waals surface area contributed by atoms with E-state index in [1.165, 1.54) is 11.5 Å². The van der Waals surface area contributed by atoms with Crippen LogP contribution in [0.4, 0.5) is 5.82 Å². The summed E-state index contributed by atoms with van der Waals surface area (Å²) in [5, 5.41) is 0.408. The predicted molar refractivity (Wildman–Crippen MR) is 71.8 cm³/mol. The lowest BCUT2D eigenvalue weighted by molar-refractivity contribution is 0.892. The van der Waals surface area contributed by atoms with Crippen molar-refractivity contribution in [2.24, 2.45) is 5.84 Å². The fourth-order valence-corrected chi connectivity index (χ4v) is 4.17. The molecule has 1 aromatic rings. The third kappa shape index (κ3) is 2.44. The zero-order valence-electron chi connectivity index (χ0n) is 9.49. The molecule has 1 fully saturated rings. The van der Waals surface area contributed by atoms with Gasteiger partial charge in [0, 0.05) is 28.5 Å². The highest BCUT2D eigenvalue weighted by Crippen LogP contribution is 2.35. The van der Waals surface area contributed by atoms with Crippen LogP contribution in [0.25, 0.3) is 0 Å². The third-order valence-electron chi connectivity index (χ3n) is 2.65. The van der Waals surface area contributed by atoms with E-state index in [0.717, 1.165) is 28.7 Å². The van der Waals surface area contributed by atoms with Crippen molar-refractivity contribution in [3.8, 4) is 0 Å². The molecule has 0 saturated carbocycles. The van der Waals surface area contributed by atoms with Crippen LogP contribution >= 0.6 is 23.5 Å². The van der Waals surface area contributed by atoms with E-state index in [4.69, 9.17) is 5.84 Å². The van der Waals surface area contributed by atoms with Crippen molar-refractivity contribution in [1.82, 2.24) is 9.97 Å². The molecule has 2 heterocycles. The van der Waals surface area contributed by atoms with Crippen molar-refractivity contribution < 1.29 is 0 Å². The van der Waals surface area contributed by atoms with Gasteiger partial charge in [0.05, 0.1) is 5.25 Å². The van der Waals surface area contributed by atoms with Gasteiger partial charge in [-0.1, -0.05) is 0 Å². The van der Waals surface area contributed by atoms with E-state index in [2.05, 4.69) is 15.4 Å². The number of hydrogen-bond acceptors (Lipinski definition) is 6. The Morgan fingerprint density at radius 3 is 2.75 bits per heavy atom. The van der Waals surface area contributed by atoms with Crippen molar-refractivity contribution in [3.05, 3.63) is 17.1 Å². The predicted octanol–water partition coefficient (Wildman–Crippen LogP) is 1.90. The number of hydrazine groups is 1. The molecule has 1 aliphatic heterocycles. The average Bonchev–Trinajstić information content (AvgIpc) is 2.33. The molecule has 0 spiro atoms. The number of anilines is 1. The first-order chi connectivity index (χ1) is 7.72. The van der Waals surface area contributed by atoms with Crippen molar-refractivity contribution in [1.29, 1.82) is 0 Å². The molecule has 2 rings (SSSR count). The Bertz CT molecular complexity index is 377. The highest BCUT2D eigenvalue weighted by molar-refractivity contribution is 8.06. The molecule has 16 heavy (non-hydrogen) atoms. The molecule has 0 aliphatic carbocycles. The monoisotopic (exact) mass is 256 g/mol. The normalized spacial score (nSPS) is 20.8. The summed E-state index contributed by atoms with van der Waals surface area (Å²) < 4.78 is 0. The molecule has 0 bridgehead atoms. The van der Waals surface area contributed by atoms with Crippen LogP contribution in [0.1, 0.15) is 22.3 Å². The number of hydrogen-bond donors (Lipinski definition) is 2. The topological polar surface area (TPSA) is 63.8 Å². The molecule has 1 aromatic heterocycles. The largest absolute Gasteiger partial charge is 0.308 e. The zero-order chi connectivity index (χ0) is 11.5. The first-order valence-corrected chi connectivity index (χ1v) is 7.44. The quantitative estimate of drug-likeness (QED) is 0.622. The molecular formula is C10H16N4S2. The van der Waals surface area contributed by atoms with Gasteiger partial charge in [-0.05, 0) is 13.8 Å². The maximum Gasteiger partial charge on any atom is 0.146 e. The van der Waals surface area contributed by atoms with Crippen LogP contribution in [0.3, 0.4) is 0 Å². The van der Waals surface area contributed by atoms with E-state index in [9.17, 15) is 0 Å². The van der Waals surface area contributed by atoms with Gasteiger partial charge in [0.2, 0.25) is 0 Å². The molecule has 1 aliphatic rings. The smallest absolute Gasteiger partial charge is 0.146 e. The number of thioether (sulfide) groups is 2. The molecule has 0 radical (unpaired) electrons. The summed E-state index contributed by atoms with van der Waals surface area (Å²) in [6.45, 7) is 3.99. The lowest BCUT2D eigenvalue weighted by Crippen LogP contribution is -2.16. The standard InChI is InChI=1S/C10H16N4S2/c1-6-7(2)12-10(13-9(6)14-11)8-5-15-3-4-16-8/h8H,3-5,11H2,1-2H3,(H,12,13,14). The van der Waals surface area contributed by atoms with Crippen LogP contribution in [-0.2, 0) is 0 Å². The second kappa shape index (κ2) is 5.25. The Hall–Kier alpha value is -0.460. The molecular weight excluding hydrogens is 240 g/mol. The van der Waals surface area contributed by atoms with Gasteiger partial charge in [0.25, 0.3) is 0 Å². The maximum absolute atomic E-state index is 5.47. The highest BCUT2D eigenvalue weighted by atomic mass is 32.2. The van der Waals surface area contributed by atoms with Crippen LogP contribution < -0.4 is 11.3 Å². The minimum Gasteiger partial charge on any atom is -0.308 e. The van der Waals surface area contributed by atoms with Crippen molar-refractivity contribution in [3.63, 3.8) is 0 Å². The van der Waals surface area contributed by atoms with Gasteiger partial charge in [-0.15, -0.1) is 11.8 Å². The minimum atomic E-state index is 0.408. The van der Waals surface area contributed by atoms with Crippen molar-refractivity contribution >= 4 is 29.3 Å². The number of rotatable bonds is 2. The van der Waals surface area contributed by atoms with E-state index >= 15 is 0 Å². The Morgan fingerprint density at radius 2 is 2.12 bits per heavy atom. The first kappa shape index (κ1) is 12.0. The Kier molecular flexibility index (Phi) is 3.94. The molecule has 4 nitrogen and oxygen atoms in total. The molecule has 3 N–H and O–H groups in total. The summed E-state index contributed by atoms with van der Waals surface area (Å²) in [6.07, 6.45) is 0. The van der Waals surface area contributed by atoms with E-state index in [1.54, 1.807) is 0 Å². The summed E-state index contributed by atoms with van der Waals surface area (Å²) in [7, 11) is 0. The van der Waals surface area contributed by atoms with Gasteiger partial charge in [0.15, 0.2) is 0 Å². The first-order valence-electron chi connectivity index (χ1n) is 5.23. The number of nitrogens with zero attached hydrogens (tertiary/aromatic N) is 2. The van der Waals surface area contributed by atoms with Gasteiger partial charge >= 0.3 is 0 Å². The second-order valence-electron chi connectivity index (χ2n) is 3.72. The summed E-state index contributed by atoms with van der Waals surface area (Å²) in [5.74, 6) is 10.6. The molecule has 1 atom stereocenters. The van der Waals surface area contributed by atoms with Gasteiger partial charge < -0.3 is 5.43 Å². The number of aromatic nitrogens is 2. The highest BCUT2D eigenvalue weighted by Gasteiger charge is 2.20. The lowest BCUT2D eigenvalue weighted by Gasteiger charge is -2.21. The SMILES string of the molecule is Cc1nc(C2CSCCS2)nc(NN)c1C. The fraction of sp³-hybridized carbons (Fsp3) is 0.600. The lowest BCUT2D eigenvalue weighted by atomic mass is 10.2. The Balaban J connectivity index is 2.29. The minimum absolute atomic E-state index is 0.408. The number of nitrogens with one attached hydrogen (secondary N) is 1. The molecule has 1 saturated heterocycles. The molecule has 0 amide bonds. The van der Waals surface area contributed by atoms with E-state index in [0.29, 0.717) is 5.25 Å². The van der Waals surface area contributed by atoms with E-state index < -0.39 is 0 Å². The van der Waals surface area contributed by atoms with Gasteiger partial charge in [-0.25, -0.2) is 15.8 Å². The molecule has 88 valence electrons. The average molecular weight is 256 g/mol. The molecule has 1 unspecified atom stereocenters. The Labute approximate surface area is 104 Å². The van der Waals surface area contributed by atoms with Crippen molar-refractivity contribution in [2.45, 2.75) is 19.1 Å². The van der Waals surface area contributed by atoms with Crippen molar-refractivity contribution in [2.75, 3.05) is 22.7 Å². The number of nitrogen functional groups attached to an aromatic ring is 1. The summed E-state index contributed by atoms with van der Waals surface area (Å²) in [6, 6.07) is 0. The van der Waals surface area contributed by atoms with Crippen LogP contribution in [0.15, 0.2) is 0 Å². The summed E-state index contributed by atoms with van der Waals surface area (Å²) >= 11 is 3.90. The van der Waals surface area contributed by atoms with Gasteiger partial charge in [0.1, 0.15) is 11.6 Å². The van der Waals surface area contributed by atoms with Gasteiger partial charge in [-0.2, -0.15) is 11.8 Å². The number of aryl methyl sites for hydroxylation is 1. The molecule has 0 aromatic carbocycles. The van der Waals surface area contributed by atoms with Crippen LogP contribution in [-0.4, -0.2) is 27.2 Å². The zero-order valence-corrected chi connectivity index (χ0v) is 11.1. The van der Waals surface area contributed by atoms with Crippen LogP contribution in [0.2, 0.25) is 0 Å². The summed E-state index contributed by atoms with van der Waals surface area (Å²) in [4.78, 5) is 9.06. The van der Waals surface area contributed by atoms with Crippen LogP contribution in [0.5, 0.6) is 0 Å². The van der Waals surface area contributed by atoms with E-state index in [-0.39, 0.29) is 0 Å². The van der Waals surface area contributed by atoms with Gasteiger partial charge in [-0.3, -0.25) is 0 Å².